The number of nitrogens with two attached hydrogens (primary N) is 1. The van der Waals surface area contributed by atoms with E-state index in [1.807, 2.05) is 4.68 Å². The highest BCUT2D eigenvalue weighted by atomic mass is 15.3. The lowest BCUT2D eigenvalue weighted by Gasteiger charge is -2.13. The molecular weight excluding hydrogens is 250 g/mol. The smallest absolute Gasteiger partial charge is 0.146 e. The van der Waals surface area contributed by atoms with Crippen LogP contribution in [0.1, 0.15) is 45.1 Å². The van der Waals surface area contributed by atoms with E-state index in [1.54, 1.807) is 6.33 Å². The van der Waals surface area contributed by atoms with Gasteiger partial charge in [-0.05, 0) is 23.5 Å². The van der Waals surface area contributed by atoms with Crippen molar-refractivity contribution in [3.05, 3.63) is 36.2 Å². The Balaban J connectivity index is 2.09. The summed E-state index contributed by atoms with van der Waals surface area (Å²) >= 11 is 0. The topological polar surface area (TPSA) is 61.7 Å². The van der Waals surface area contributed by atoms with Crippen LogP contribution >= 0.6 is 0 Å². The minimum Gasteiger partial charge on any atom is -0.346 e. The number of aromatic nitrogens is 4. The maximum absolute atomic E-state index is 6.17. The van der Waals surface area contributed by atoms with Gasteiger partial charge < -0.3 is 10.3 Å². The molecule has 20 heavy (non-hydrogen) atoms. The maximum atomic E-state index is 6.17. The fourth-order valence-electron chi connectivity index (χ4n) is 2.21. The van der Waals surface area contributed by atoms with Crippen LogP contribution in [0.3, 0.4) is 0 Å². The molecule has 0 aliphatic carbocycles. The summed E-state index contributed by atoms with van der Waals surface area (Å²) in [5.41, 5.74) is 7.35. The molecule has 0 aromatic carbocycles. The summed E-state index contributed by atoms with van der Waals surface area (Å²) in [6.07, 6.45) is 5.80. The second kappa shape index (κ2) is 6.22. The van der Waals surface area contributed by atoms with Gasteiger partial charge in [-0.3, -0.25) is 0 Å². The zero-order chi connectivity index (χ0) is 14.7. The molecule has 0 radical (unpaired) electrons. The van der Waals surface area contributed by atoms with Crippen molar-refractivity contribution >= 4 is 0 Å². The van der Waals surface area contributed by atoms with Crippen molar-refractivity contribution in [1.29, 1.82) is 0 Å². The molecule has 1 atom stereocenters. The van der Waals surface area contributed by atoms with Gasteiger partial charge in [0.05, 0.1) is 6.54 Å². The Morgan fingerprint density at radius 3 is 2.65 bits per heavy atom. The third kappa shape index (κ3) is 3.48. The molecule has 0 aliphatic rings. The van der Waals surface area contributed by atoms with Gasteiger partial charge in [0.1, 0.15) is 12.2 Å². The van der Waals surface area contributed by atoms with Crippen molar-refractivity contribution in [2.45, 2.75) is 46.8 Å². The first kappa shape index (κ1) is 14.8. The first-order valence-corrected chi connectivity index (χ1v) is 7.25. The lowest BCUT2D eigenvalue weighted by molar-refractivity contribution is 0.460. The van der Waals surface area contributed by atoms with E-state index in [-0.39, 0.29) is 6.04 Å². The Morgan fingerprint density at radius 1 is 1.25 bits per heavy atom. The lowest BCUT2D eigenvalue weighted by atomic mass is 10.00. The van der Waals surface area contributed by atoms with E-state index in [0.29, 0.717) is 11.8 Å². The molecule has 110 valence electrons. The number of nitrogens with zero attached hydrogens (tertiary/aromatic N) is 4. The van der Waals surface area contributed by atoms with Crippen LogP contribution in [0, 0.1) is 11.8 Å². The molecule has 1 unspecified atom stereocenters. The van der Waals surface area contributed by atoms with Crippen molar-refractivity contribution in [3.8, 4) is 0 Å². The summed E-state index contributed by atoms with van der Waals surface area (Å²) in [6.45, 7) is 10.3. The van der Waals surface area contributed by atoms with Crippen LogP contribution < -0.4 is 5.73 Å². The molecule has 2 rings (SSSR count). The van der Waals surface area contributed by atoms with Gasteiger partial charge in [0.2, 0.25) is 0 Å². The van der Waals surface area contributed by atoms with Crippen LogP contribution in [0.4, 0.5) is 0 Å². The van der Waals surface area contributed by atoms with Crippen molar-refractivity contribution in [2.75, 3.05) is 0 Å². The average Bonchev–Trinajstić information content (AvgIpc) is 2.98. The fraction of sp³-hybridized carbons (Fsp3) is 0.600. The molecular formula is C15H25N5. The third-order valence-corrected chi connectivity index (χ3v) is 3.43. The molecule has 0 bridgehead atoms. The summed E-state index contributed by atoms with van der Waals surface area (Å²) in [6, 6.07) is 2.18. The Kier molecular flexibility index (Phi) is 4.60. The van der Waals surface area contributed by atoms with Gasteiger partial charge in [-0.25, -0.2) is 9.67 Å². The van der Waals surface area contributed by atoms with Crippen LogP contribution in [-0.2, 0) is 13.1 Å². The quantitative estimate of drug-likeness (QED) is 0.880. The van der Waals surface area contributed by atoms with Gasteiger partial charge in [-0.15, -0.1) is 0 Å². The predicted octanol–water partition coefficient (Wildman–Crippen LogP) is 2.44. The molecule has 5 nitrogen and oxygen atoms in total. The number of rotatable bonds is 6. The lowest BCUT2D eigenvalue weighted by Crippen LogP contribution is -2.16. The molecule has 0 amide bonds. The molecule has 0 spiro atoms. The van der Waals surface area contributed by atoms with Crippen molar-refractivity contribution < 1.29 is 0 Å². The predicted molar refractivity (Wildman–Crippen MR) is 80.2 cm³/mol. The van der Waals surface area contributed by atoms with E-state index in [4.69, 9.17) is 5.73 Å². The average molecular weight is 275 g/mol. The molecule has 0 saturated carbocycles. The van der Waals surface area contributed by atoms with Crippen molar-refractivity contribution in [1.82, 2.24) is 19.3 Å². The van der Waals surface area contributed by atoms with Gasteiger partial charge in [0.15, 0.2) is 0 Å². The molecule has 0 aliphatic heterocycles. The monoisotopic (exact) mass is 275 g/mol. The Morgan fingerprint density at radius 2 is 2.00 bits per heavy atom. The van der Waals surface area contributed by atoms with Crippen LogP contribution in [0.5, 0.6) is 0 Å². The highest BCUT2D eigenvalue weighted by Crippen LogP contribution is 2.19. The summed E-state index contributed by atoms with van der Waals surface area (Å²) < 4.78 is 4.10. The fourth-order valence-corrected chi connectivity index (χ4v) is 2.21. The molecule has 0 fully saturated rings. The van der Waals surface area contributed by atoms with Crippen LogP contribution in [0.25, 0.3) is 0 Å². The molecule has 5 heteroatoms. The molecule has 0 saturated heterocycles. The van der Waals surface area contributed by atoms with E-state index in [1.165, 1.54) is 5.56 Å². The molecule has 2 N–H and O–H groups in total. The van der Waals surface area contributed by atoms with Gasteiger partial charge in [0, 0.05) is 25.0 Å². The largest absolute Gasteiger partial charge is 0.346 e. The first-order chi connectivity index (χ1) is 9.47. The van der Waals surface area contributed by atoms with Crippen molar-refractivity contribution in [2.24, 2.45) is 17.6 Å². The SMILES string of the molecule is CC(C)Cn1ncnc1Cn1ccc(C(N)C(C)C)c1. The summed E-state index contributed by atoms with van der Waals surface area (Å²) in [5.74, 6) is 1.99. The second-order valence-electron chi connectivity index (χ2n) is 6.14. The minimum absolute atomic E-state index is 0.0878. The summed E-state index contributed by atoms with van der Waals surface area (Å²) in [5, 5.41) is 4.29. The highest BCUT2D eigenvalue weighted by Gasteiger charge is 2.12. The Bertz CT molecular complexity index is 538. The zero-order valence-corrected chi connectivity index (χ0v) is 12.8. The molecule has 2 aromatic rings. The van der Waals surface area contributed by atoms with E-state index in [0.717, 1.165) is 18.9 Å². The highest BCUT2D eigenvalue weighted by molar-refractivity contribution is 5.16. The van der Waals surface area contributed by atoms with Gasteiger partial charge >= 0.3 is 0 Å². The summed E-state index contributed by atoms with van der Waals surface area (Å²) in [4.78, 5) is 4.35. The van der Waals surface area contributed by atoms with Crippen molar-refractivity contribution in [3.63, 3.8) is 0 Å². The minimum atomic E-state index is 0.0878. The Hall–Kier alpha value is -1.62. The van der Waals surface area contributed by atoms with Crippen LogP contribution in [0.2, 0.25) is 0 Å². The number of hydrogen-bond acceptors (Lipinski definition) is 3. The van der Waals surface area contributed by atoms with Crippen LogP contribution in [-0.4, -0.2) is 19.3 Å². The standard InChI is InChI=1S/C15H25N5/c1-11(2)7-20-14(17-10-18-20)9-19-6-5-13(8-19)15(16)12(3)4/h5-6,8,10-12,15H,7,9,16H2,1-4H3. The van der Waals surface area contributed by atoms with E-state index < -0.39 is 0 Å². The van der Waals surface area contributed by atoms with Crippen LogP contribution in [0.15, 0.2) is 24.8 Å². The Labute approximate surface area is 120 Å². The van der Waals surface area contributed by atoms with Gasteiger partial charge in [0.25, 0.3) is 0 Å². The summed E-state index contributed by atoms with van der Waals surface area (Å²) in [7, 11) is 0. The third-order valence-electron chi connectivity index (χ3n) is 3.43. The van der Waals surface area contributed by atoms with E-state index in [2.05, 4.69) is 60.8 Å². The normalized spacial score (nSPS) is 13.3. The first-order valence-electron chi connectivity index (χ1n) is 7.25. The number of hydrogen-bond donors (Lipinski definition) is 1. The second-order valence-corrected chi connectivity index (χ2v) is 6.14. The van der Waals surface area contributed by atoms with Gasteiger partial charge in [-0.2, -0.15) is 5.10 Å². The van der Waals surface area contributed by atoms with E-state index >= 15 is 0 Å². The zero-order valence-electron chi connectivity index (χ0n) is 12.8. The molecule has 2 heterocycles. The van der Waals surface area contributed by atoms with Gasteiger partial charge in [-0.1, -0.05) is 27.7 Å². The van der Waals surface area contributed by atoms with E-state index in [9.17, 15) is 0 Å². The maximum Gasteiger partial charge on any atom is 0.146 e. The molecule has 2 aromatic heterocycles.